The van der Waals surface area contributed by atoms with Gasteiger partial charge < -0.3 is 9.63 Å². The third-order valence-electron chi connectivity index (χ3n) is 1.47. The highest BCUT2D eigenvalue weighted by molar-refractivity contribution is 7.51. The predicted molar refractivity (Wildman–Crippen MR) is 50.3 cm³/mol. The molecule has 0 bridgehead atoms. The number of hydrogen-bond acceptors (Lipinski definition) is 2. The molecule has 0 saturated carbocycles. The summed E-state index contributed by atoms with van der Waals surface area (Å²) >= 11 is 0. The molecule has 0 aromatic heterocycles. The highest BCUT2D eigenvalue weighted by atomic mass is 31.1. The zero-order valence-corrected chi connectivity index (χ0v) is 8.82. The average Bonchev–Trinajstić information content (AvgIpc) is 1.85. The monoisotopic (exact) mass is 178 g/mol. The molecule has 0 aliphatic carbocycles. The van der Waals surface area contributed by atoms with Gasteiger partial charge in [0, 0.05) is 8.15 Å². The van der Waals surface area contributed by atoms with Crippen LogP contribution in [0.2, 0.25) is 0 Å². The molecule has 0 amide bonds. The Labute approximate surface area is 70.8 Å². The van der Waals surface area contributed by atoms with Gasteiger partial charge in [-0.2, -0.15) is 0 Å². The summed E-state index contributed by atoms with van der Waals surface area (Å²) in [6.07, 6.45) is 1.82. The first-order chi connectivity index (χ1) is 4.95. The van der Waals surface area contributed by atoms with Crippen molar-refractivity contribution < 1.29 is 9.63 Å². The number of aliphatic hydroxyl groups is 1. The van der Waals surface area contributed by atoms with Crippen molar-refractivity contribution in [1.82, 2.24) is 0 Å². The van der Waals surface area contributed by atoms with Gasteiger partial charge in [0.1, 0.15) is 0 Å². The van der Waals surface area contributed by atoms with E-state index in [1.54, 1.807) is 13.8 Å². The van der Waals surface area contributed by atoms with Crippen molar-refractivity contribution in [1.29, 1.82) is 0 Å². The summed E-state index contributed by atoms with van der Waals surface area (Å²) in [5, 5.41) is 9.33. The molecular weight excluding hydrogens is 159 g/mol. The molecule has 0 fully saturated rings. The second-order valence-electron chi connectivity index (χ2n) is 3.34. The van der Waals surface area contributed by atoms with Crippen molar-refractivity contribution in [2.45, 2.75) is 32.8 Å². The molecule has 0 aromatic carbocycles. The van der Waals surface area contributed by atoms with Gasteiger partial charge in [0.05, 0.1) is 12.2 Å². The van der Waals surface area contributed by atoms with E-state index < -0.39 is 5.60 Å². The van der Waals surface area contributed by atoms with E-state index in [0.29, 0.717) is 6.61 Å². The van der Waals surface area contributed by atoms with Crippen LogP contribution in [-0.2, 0) is 4.52 Å². The Morgan fingerprint density at radius 3 is 2.36 bits per heavy atom. The molecule has 1 unspecified atom stereocenters. The number of hydrogen-bond donors (Lipinski definition) is 1. The van der Waals surface area contributed by atoms with Gasteiger partial charge in [0.2, 0.25) is 0 Å². The molecule has 1 N–H and O–H groups in total. The molecule has 0 aliphatic rings. The first-order valence-electron chi connectivity index (χ1n) is 4.02. The zero-order chi connectivity index (χ0) is 8.91. The van der Waals surface area contributed by atoms with Gasteiger partial charge in [-0.15, -0.1) is 0 Å². The molecule has 0 spiro atoms. The van der Waals surface area contributed by atoms with E-state index in [0.717, 1.165) is 12.6 Å². The Kier molecular flexibility index (Phi) is 5.24. The second kappa shape index (κ2) is 5.08. The van der Waals surface area contributed by atoms with Crippen LogP contribution in [0, 0.1) is 0 Å². The molecule has 1 atom stereocenters. The summed E-state index contributed by atoms with van der Waals surface area (Å²) in [5.41, 5.74) is -0.579. The molecular formula is C8H19O2P. The fourth-order valence-electron chi connectivity index (χ4n) is 0.543. The standard InChI is InChI=1S/C8H19O2P/c1-5-11(4)10-7-6-8(2,3)9/h9H,5-7H2,1-4H3. The third-order valence-corrected chi connectivity index (χ3v) is 2.98. The molecule has 0 heterocycles. The maximum absolute atomic E-state index is 9.33. The maximum Gasteiger partial charge on any atom is 0.0613 e. The fourth-order valence-corrected chi connectivity index (χ4v) is 1.13. The molecule has 0 radical (unpaired) electrons. The van der Waals surface area contributed by atoms with Crippen LogP contribution in [0.4, 0.5) is 0 Å². The van der Waals surface area contributed by atoms with Gasteiger partial charge in [-0.3, -0.25) is 0 Å². The minimum atomic E-state index is -0.579. The van der Waals surface area contributed by atoms with Crippen molar-refractivity contribution in [2.24, 2.45) is 0 Å². The van der Waals surface area contributed by atoms with Crippen molar-refractivity contribution in [3.8, 4) is 0 Å². The van der Waals surface area contributed by atoms with Gasteiger partial charge in [-0.1, -0.05) is 6.92 Å². The Hall–Kier alpha value is 0.350. The lowest BCUT2D eigenvalue weighted by Gasteiger charge is -2.18. The normalized spacial score (nSPS) is 15.0. The average molecular weight is 178 g/mol. The van der Waals surface area contributed by atoms with Gasteiger partial charge in [0.25, 0.3) is 0 Å². The first-order valence-corrected chi connectivity index (χ1v) is 5.91. The first kappa shape index (κ1) is 11.4. The lowest BCUT2D eigenvalue weighted by atomic mass is 10.1. The van der Waals surface area contributed by atoms with Gasteiger partial charge in [0.15, 0.2) is 0 Å². The Bertz CT molecular complexity index is 98.8. The quantitative estimate of drug-likeness (QED) is 0.654. The minimum Gasteiger partial charge on any atom is -0.390 e. The van der Waals surface area contributed by atoms with Crippen molar-refractivity contribution in [3.05, 3.63) is 0 Å². The molecule has 0 aliphatic heterocycles. The minimum absolute atomic E-state index is 0.243. The van der Waals surface area contributed by atoms with Crippen LogP contribution in [0.5, 0.6) is 0 Å². The summed E-state index contributed by atoms with van der Waals surface area (Å²) in [6, 6.07) is 0. The predicted octanol–water partition coefficient (Wildman–Crippen LogP) is 2.21. The van der Waals surface area contributed by atoms with E-state index in [9.17, 15) is 5.11 Å². The van der Waals surface area contributed by atoms with E-state index >= 15 is 0 Å². The topological polar surface area (TPSA) is 29.5 Å². The van der Waals surface area contributed by atoms with Gasteiger partial charge in [-0.25, -0.2) is 0 Å². The van der Waals surface area contributed by atoms with E-state index in [4.69, 9.17) is 4.52 Å². The second-order valence-corrected chi connectivity index (χ2v) is 5.49. The lowest BCUT2D eigenvalue weighted by molar-refractivity contribution is 0.0572. The number of rotatable bonds is 5. The third kappa shape index (κ3) is 8.25. The van der Waals surface area contributed by atoms with Crippen LogP contribution in [-0.4, -0.2) is 30.1 Å². The highest BCUT2D eigenvalue weighted by Gasteiger charge is 2.12. The van der Waals surface area contributed by atoms with Crippen LogP contribution in [0.25, 0.3) is 0 Å². The van der Waals surface area contributed by atoms with E-state index in [2.05, 4.69) is 13.6 Å². The van der Waals surface area contributed by atoms with Gasteiger partial charge >= 0.3 is 0 Å². The van der Waals surface area contributed by atoms with Crippen LogP contribution < -0.4 is 0 Å². The summed E-state index contributed by atoms with van der Waals surface area (Å²) < 4.78 is 5.47. The maximum atomic E-state index is 9.33. The van der Waals surface area contributed by atoms with Crippen molar-refractivity contribution >= 4 is 8.15 Å². The van der Waals surface area contributed by atoms with E-state index in [1.807, 2.05) is 0 Å². The smallest absolute Gasteiger partial charge is 0.0613 e. The van der Waals surface area contributed by atoms with Crippen LogP contribution in [0.1, 0.15) is 27.2 Å². The van der Waals surface area contributed by atoms with Crippen LogP contribution in [0.3, 0.4) is 0 Å². The fraction of sp³-hybridized carbons (Fsp3) is 1.00. The molecule has 0 aromatic rings. The highest BCUT2D eigenvalue weighted by Crippen LogP contribution is 2.31. The molecule has 0 saturated heterocycles. The summed E-state index contributed by atoms with van der Waals surface area (Å²) in [7, 11) is -0.243. The Morgan fingerprint density at radius 1 is 1.45 bits per heavy atom. The van der Waals surface area contributed by atoms with Crippen molar-refractivity contribution in [2.75, 3.05) is 19.4 Å². The van der Waals surface area contributed by atoms with Crippen molar-refractivity contribution in [3.63, 3.8) is 0 Å². The SMILES string of the molecule is CCP(C)OCCC(C)(C)O. The Morgan fingerprint density at radius 2 is 2.00 bits per heavy atom. The molecule has 68 valence electrons. The largest absolute Gasteiger partial charge is 0.390 e. The molecule has 0 rings (SSSR count). The Balaban J connectivity index is 3.28. The summed E-state index contributed by atoms with van der Waals surface area (Å²) in [6.45, 7) is 8.52. The lowest BCUT2D eigenvalue weighted by Crippen LogP contribution is -2.20. The van der Waals surface area contributed by atoms with E-state index in [1.165, 1.54) is 0 Å². The molecule has 3 heteroatoms. The van der Waals surface area contributed by atoms with Crippen LogP contribution in [0.15, 0.2) is 0 Å². The molecule has 11 heavy (non-hydrogen) atoms. The van der Waals surface area contributed by atoms with Gasteiger partial charge in [-0.05, 0) is 33.1 Å². The summed E-state index contributed by atoms with van der Waals surface area (Å²) in [5.74, 6) is 0. The molecule has 2 nitrogen and oxygen atoms in total. The van der Waals surface area contributed by atoms with Crippen LogP contribution >= 0.6 is 8.15 Å². The van der Waals surface area contributed by atoms with E-state index in [-0.39, 0.29) is 8.15 Å². The summed E-state index contributed by atoms with van der Waals surface area (Å²) in [4.78, 5) is 0. The zero-order valence-electron chi connectivity index (χ0n) is 7.92.